The number of aromatic nitrogens is 3. The molecule has 0 aliphatic rings. The second-order valence-corrected chi connectivity index (χ2v) is 6.35. The molecule has 4 rings (SSSR count). The summed E-state index contributed by atoms with van der Waals surface area (Å²) >= 11 is 1.74. The molecule has 0 N–H and O–H groups in total. The molecule has 0 spiro atoms. The fraction of sp³-hybridized carbons (Fsp3) is 0.111. The highest BCUT2D eigenvalue weighted by Gasteiger charge is 2.15. The number of hydrogen-bond donors (Lipinski definition) is 0. The molecular weight excluding hydrogens is 290 g/mol. The molecule has 108 valence electrons. The molecule has 0 unspecified atom stereocenters. The minimum Gasteiger partial charge on any atom is -0.316 e. The van der Waals surface area contributed by atoms with Gasteiger partial charge in [-0.15, -0.1) is 11.3 Å². The topological polar surface area (TPSA) is 30.7 Å². The van der Waals surface area contributed by atoms with Gasteiger partial charge in [-0.3, -0.25) is 4.98 Å². The van der Waals surface area contributed by atoms with Gasteiger partial charge < -0.3 is 4.57 Å². The highest BCUT2D eigenvalue weighted by molar-refractivity contribution is 7.21. The summed E-state index contributed by atoms with van der Waals surface area (Å²) in [4.78, 5) is 9.01. The summed E-state index contributed by atoms with van der Waals surface area (Å²) in [5.74, 6) is 0. The van der Waals surface area contributed by atoms with Crippen molar-refractivity contribution >= 4 is 21.6 Å². The van der Waals surface area contributed by atoms with Crippen LogP contribution in [-0.4, -0.2) is 14.5 Å². The molecule has 3 heterocycles. The van der Waals surface area contributed by atoms with E-state index in [-0.39, 0.29) is 0 Å². The average molecular weight is 305 g/mol. The van der Waals surface area contributed by atoms with E-state index in [0.717, 1.165) is 16.2 Å². The van der Waals surface area contributed by atoms with E-state index in [0.29, 0.717) is 0 Å². The Labute approximate surface area is 132 Å². The molecule has 0 saturated heterocycles. The Bertz CT molecular complexity index is 918. The Morgan fingerprint density at radius 3 is 2.68 bits per heavy atom. The lowest BCUT2D eigenvalue weighted by Crippen LogP contribution is -1.99. The number of hydrogen-bond acceptors (Lipinski definition) is 3. The highest BCUT2D eigenvalue weighted by atomic mass is 32.1. The van der Waals surface area contributed by atoms with Crippen LogP contribution in [0.4, 0.5) is 0 Å². The van der Waals surface area contributed by atoms with Crippen molar-refractivity contribution in [2.75, 3.05) is 0 Å². The lowest BCUT2D eigenvalue weighted by atomic mass is 10.2. The predicted octanol–water partition coefficient (Wildman–Crippen LogP) is 4.77. The molecule has 3 aromatic heterocycles. The molecule has 1 aromatic carbocycles. The van der Waals surface area contributed by atoms with Crippen molar-refractivity contribution in [2.24, 2.45) is 0 Å². The van der Waals surface area contributed by atoms with Crippen LogP contribution in [0, 0.1) is 13.8 Å². The maximum Gasteiger partial charge on any atom is 0.126 e. The number of fused-ring (bicyclic) bond motifs is 1. The molecule has 0 aliphatic carbocycles. The van der Waals surface area contributed by atoms with E-state index in [2.05, 4.69) is 53.7 Å². The van der Waals surface area contributed by atoms with Crippen LogP contribution in [0.2, 0.25) is 0 Å². The zero-order valence-electron chi connectivity index (χ0n) is 12.4. The van der Waals surface area contributed by atoms with Crippen LogP contribution >= 0.6 is 11.3 Å². The van der Waals surface area contributed by atoms with Gasteiger partial charge in [-0.1, -0.05) is 12.1 Å². The summed E-state index contributed by atoms with van der Waals surface area (Å²) in [6.45, 7) is 4.26. The molecule has 4 aromatic rings. The zero-order chi connectivity index (χ0) is 15.1. The summed E-state index contributed by atoms with van der Waals surface area (Å²) < 4.78 is 3.46. The van der Waals surface area contributed by atoms with Crippen molar-refractivity contribution in [3.05, 3.63) is 66.2 Å². The van der Waals surface area contributed by atoms with Crippen LogP contribution in [0.1, 0.15) is 11.4 Å². The lowest BCUT2D eigenvalue weighted by molar-refractivity contribution is 0.956. The quantitative estimate of drug-likeness (QED) is 0.534. The van der Waals surface area contributed by atoms with Gasteiger partial charge in [0.1, 0.15) is 5.01 Å². The van der Waals surface area contributed by atoms with Gasteiger partial charge in [0.05, 0.1) is 22.1 Å². The van der Waals surface area contributed by atoms with Crippen LogP contribution in [0.15, 0.2) is 54.9 Å². The van der Waals surface area contributed by atoms with Crippen molar-refractivity contribution in [1.29, 1.82) is 0 Å². The maximum atomic E-state index is 4.78. The highest BCUT2D eigenvalue weighted by Crippen LogP contribution is 2.34. The molecular formula is C18H15N3S. The SMILES string of the molecule is Cc1cc(-c2nc3ccccc3s2)c(C)n1-c1cccnc1. The largest absolute Gasteiger partial charge is 0.316 e. The summed E-state index contributed by atoms with van der Waals surface area (Å²) in [6, 6.07) is 14.5. The second-order valence-electron chi connectivity index (χ2n) is 5.32. The van der Waals surface area contributed by atoms with Crippen LogP contribution in [0.25, 0.3) is 26.5 Å². The van der Waals surface area contributed by atoms with Crippen molar-refractivity contribution in [2.45, 2.75) is 13.8 Å². The monoisotopic (exact) mass is 305 g/mol. The van der Waals surface area contributed by atoms with E-state index < -0.39 is 0 Å². The lowest BCUT2D eigenvalue weighted by Gasteiger charge is -2.08. The summed E-state index contributed by atoms with van der Waals surface area (Å²) in [5, 5.41) is 1.07. The van der Waals surface area contributed by atoms with Crippen molar-refractivity contribution in [1.82, 2.24) is 14.5 Å². The Morgan fingerprint density at radius 2 is 1.91 bits per heavy atom. The van der Waals surface area contributed by atoms with E-state index in [9.17, 15) is 0 Å². The number of rotatable bonds is 2. The maximum absolute atomic E-state index is 4.78. The third kappa shape index (κ3) is 2.04. The van der Waals surface area contributed by atoms with Crippen LogP contribution in [0.5, 0.6) is 0 Å². The molecule has 0 bridgehead atoms. The molecule has 22 heavy (non-hydrogen) atoms. The van der Waals surface area contributed by atoms with Gasteiger partial charge in [0, 0.05) is 23.1 Å². The Kier molecular flexibility index (Phi) is 3.05. The Balaban J connectivity index is 1.90. The van der Waals surface area contributed by atoms with Gasteiger partial charge in [-0.05, 0) is 44.2 Å². The first-order chi connectivity index (χ1) is 10.7. The summed E-state index contributed by atoms with van der Waals surface area (Å²) in [6.07, 6.45) is 3.69. The summed E-state index contributed by atoms with van der Waals surface area (Å²) in [5.41, 5.74) is 5.74. The van der Waals surface area contributed by atoms with Crippen LogP contribution in [0.3, 0.4) is 0 Å². The summed E-state index contributed by atoms with van der Waals surface area (Å²) in [7, 11) is 0. The fourth-order valence-corrected chi connectivity index (χ4v) is 3.88. The molecule has 0 atom stereocenters. The van der Waals surface area contributed by atoms with Crippen molar-refractivity contribution in [3.63, 3.8) is 0 Å². The molecule has 0 radical (unpaired) electrons. The smallest absolute Gasteiger partial charge is 0.126 e. The first-order valence-electron chi connectivity index (χ1n) is 7.19. The van der Waals surface area contributed by atoms with Gasteiger partial charge in [0.15, 0.2) is 0 Å². The van der Waals surface area contributed by atoms with E-state index in [1.54, 1.807) is 17.5 Å². The van der Waals surface area contributed by atoms with Crippen LogP contribution < -0.4 is 0 Å². The van der Waals surface area contributed by atoms with E-state index in [4.69, 9.17) is 4.98 Å². The van der Waals surface area contributed by atoms with Gasteiger partial charge >= 0.3 is 0 Å². The average Bonchev–Trinajstić information content (AvgIpc) is 3.09. The standard InChI is InChI=1S/C18H15N3S/c1-12-10-15(13(2)21(12)14-6-5-9-19-11-14)18-20-16-7-3-4-8-17(16)22-18/h3-11H,1-2H3. The molecule has 3 nitrogen and oxygen atoms in total. The molecule has 4 heteroatoms. The third-order valence-corrected chi connectivity index (χ3v) is 4.93. The van der Waals surface area contributed by atoms with Gasteiger partial charge in [-0.25, -0.2) is 4.98 Å². The van der Waals surface area contributed by atoms with Gasteiger partial charge in [0.25, 0.3) is 0 Å². The fourth-order valence-electron chi connectivity index (χ4n) is 2.85. The molecule has 0 amide bonds. The number of benzene rings is 1. The number of thiazole rings is 1. The Hall–Kier alpha value is -2.46. The normalized spacial score (nSPS) is 11.2. The number of aryl methyl sites for hydroxylation is 1. The van der Waals surface area contributed by atoms with Gasteiger partial charge in [-0.2, -0.15) is 0 Å². The second kappa shape index (κ2) is 5.07. The number of nitrogens with zero attached hydrogens (tertiary/aromatic N) is 3. The van der Waals surface area contributed by atoms with E-state index >= 15 is 0 Å². The first kappa shape index (κ1) is 13.2. The number of pyridine rings is 1. The molecule has 0 saturated carbocycles. The minimum absolute atomic E-state index is 1.06. The van der Waals surface area contributed by atoms with E-state index in [1.165, 1.54) is 21.7 Å². The van der Waals surface area contributed by atoms with Crippen molar-refractivity contribution < 1.29 is 0 Å². The zero-order valence-corrected chi connectivity index (χ0v) is 13.3. The predicted molar refractivity (Wildman–Crippen MR) is 91.7 cm³/mol. The van der Waals surface area contributed by atoms with Gasteiger partial charge in [0.2, 0.25) is 0 Å². The first-order valence-corrected chi connectivity index (χ1v) is 8.01. The Morgan fingerprint density at radius 1 is 1.05 bits per heavy atom. The van der Waals surface area contributed by atoms with E-state index in [1.807, 2.05) is 18.3 Å². The third-order valence-electron chi connectivity index (χ3n) is 3.86. The minimum atomic E-state index is 1.06. The molecule has 0 fully saturated rings. The van der Waals surface area contributed by atoms with Crippen molar-refractivity contribution in [3.8, 4) is 16.3 Å². The number of para-hydroxylation sites is 1. The molecule has 0 aliphatic heterocycles. The van der Waals surface area contributed by atoms with Crippen LogP contribution in [-0.2, 0) is 0 Å².